The summed E-state index contributed by atoms with van der Waals surface area (Å²) in [5, 5.41) is 6.36. The topological polar surface area (TPSA) is 69.8 Å². The number of aromatic amines is 1. The minimum absolute atomic E-state index is 0.394. The van der Waals surface area contributed by atoms with Gasteiger partial charge in [-0.2, -0.15) is 0 Å². The van der Waals surface area contributed by atoms with Gasteiger partial charge in [-0.1, -0.05) is 18.2 Å². The van der Waals surface area contributed by atoms with Crippen molar-refractivity contribution in [2.45, 2.75) is 0 Å². The van der Waals surface area contributed by atoms with Crippen molar-refractivity contribution < 1.29 is 9.18 Å². The summed E-state index contributed by atoms with van der Waals surface area (Å²) in [6.45, 7) is 0. The fourth-order valence-electron chi connectivity index (χ4n) is 2.81. The zero-order valence-corrected chi connectivity index (χ0v) is 13.7. The molecule has 0 unspecified atom stereocenters. The minimum atomic E-state index is -0.430. The molecule has 2 aromatic carbocycles. The van der Waals surface area contributed by atoms with E-state index >= 15 is 0 Å². The van der Waals surface area contributed by atoms with Gasteiger partial charge in [-0.05, 0) is 53.6 Å². The number of rotatable bonds is 3. The normalized spacial score (nSPS) is 10.7. The van der Waals surface area contributed by atoms with Gasteiger partial charge in [0, 0.05) is 29.2 Å². The van der Waals surface area contributed by atoms with E-state index in [1.165, 1.54) is 18.2 Å². The summed E-state index contributed by atoms with van der Waals surface area (Å²) in [6.07, 6.45) is 3.61. The lowest BCUT2D eigenvalue weighted by molar-refractivity contribution is 0.262. The van der Waals surface area contributed by atoms with Gasteiger partial charge in [0.25, 0.3) is 0 Å². The summed E-state index contributed by atoms with van der Waals surface area (Å²) in [5.41, 5.74) is 3.95. The highest BCUT2D eigenvalue weighted by molar-refractivity contribution is 6.00. The van der Waals surface area contributed by atoms with Crippen molar-refractivity contribution in [2.75, 3.05) is 10.6 Å². The van der Waals surface area contributed by atoms with Gasteiger partial charge in [-0.25, -0.2) is 14.2 Å². The van der Waals surface area contributed by atoms with Crippen molar-refractivity contribution in [2.24, 2.45) is 0 Å². The molecule has 2 amide bonds. The number of nitrogens with one attached hydrogen (secondary N) is 3. The predicted molar refractivity (Wildman–Crippen MR) is 101 cm³/mol. The van der Waals surface area contributed by atoms with E-state index < -0.39 is 11.8 Å². The molecule has 128 valence electrons. The highest BCUT2D eigenvalue weighted by Gasteiger charge is 2.07. The second-order valence-electron chi connectivity index (χ2n) is 5.77. The van der Waals surface area contributed by atoms with Gasteiger partial charge in [0.2, 0.25) is 0 Å². The van der Waals surface area contributed by atoms with Crippen LogP contribution in [0.25, 0.3) is 22.2 Å². The number of H-pyrrole nitrogens is 1. The maximum Gasteiger partial charge on any atom is 0.323 e. The number of hydrogen-bond donors (Lipinski definition) is 3. The van der Waals surface area contributed by atoms with Gasteiger partial charge in [0.15, 0.2) is 0 Å². The second-order valence-corrected chi connectivity index (χ2v) is 5.77. The summed E-state index contributed by atoms with van der Waals surface area (Å²) in [7, 11) is 0. The molecule has 4 aromatic rings. The Balaban J connectivity index is 1.49. The number of hydrogen-bond acceptors (Lipinski definition) is 2. The molecule has 2 aromatic heterocycles. The van der Waals surface area contributed by atoms with E-state index in [0.29, 0.717) is 11.4 Å². The first-order valence-electron chi connectivity index (χ1n) is 8.05. The standard InChI is InChI=1S/C20H15FN4O/c21-14-2-1-3-16(12-14)25-20(26)24-15-6-4-13(5-7-15)17-8-10-22-19-18(17)9-11-23-19/h1-12H,(H,22,23)(H2,24,25,26). The van der Waals surface area contributed by atoms with E-state index in [1.807, 2.05) is 42.6 Å². The average molecular weight is 346 g/mol. The number of benzene rings is 2. The smallest absolute Gasteiger partial charge is 0.323 e. The van der Waals surface area contributed by atoms with Gasteiger partial charge < -0.3 is 15.6 Å². The van der Waals surface area contributed by atoms with Gasteiger partial charge in [-0.15, -0.1) is 0 Å². The first kappa shape index (κ1) is 15.8. The van der Waals surface area contributed by atoms with Gasteiger partial charge in [-0.3, -0.25) is 0 Å². The molecule has 0 aliphatic carbocycles. The van der Waals surface area contributed by atoms with E-state index in [2.05, 4.69) is 20.6 Å². The van der Waals surface area contributed by atoms with Crippen molar-refractivity contribution in [3.05, 3.63) is 78.9 Å². The molecule has 26 heavy (non-hydrogen) atoms. The fraction of sp³-hybridized carbons (Fsp3) is 0. The number of anilines is 2. The van der Waals surface area contributed by atoms with Gasteiger partial charge >= 0.3 is 6.03 Å². The fourth-order valence-corrected chi connectivity index (χ4v) is 2.81. The van der Waals surface area contributed by atoms with Crippen LogP contribution in [0.5, 0.6) is 0 Å². The third kappa shape index (κ3) is 3.25. The Labute approximate surface area is 148 Å². The summed E-state index contributed by atoms with van der Waals surface area (Å²) in [6, 6.07) is 16.7. The van der Waals surface area contributed by atoms with Crippen LogP contribution in [-0.4, -0.2) is 16.0 Å². The molecule has 0 saturated heterocycles. The van der Waals surface area contributed by atoms with Crippen LogP contribution in [0, 0.1) is 5.82 Å². The molecule has 0 fully saturated rings. The zero-order valence-electron chi connectivity index (χ0n) is 13.7. The summed E-state index contributed by atoms with van der Waals surface area (Å²) >= 11 is 0. The Kier molecular flexibility index (Phi) is 4.07. The van der Waals surface area contributed by atoms with E-state index in [9.17, 15) is 9.18 Å². The molecule has 0 aliphatic heterocycles. The highest BCUT2D eigenvalue weighted by Crippen LogP contribution is 2.27. The van der Waals surface area contributed by atoms with Crippen molar-refractivity contribution in [3.8, 4) is 11.1 Å². The Morgan fingerprint density at radius 1 is 0.962 bits per heavy atom. The summed E-state index contributed by atoms with van der Waals surface area (Å²) < 4.78 is 13.2. The number of nitrogens with zero attached hydrogens (tertiary/aromatic N) is 1. The quantitative estimate of drug-likeness (QED) is 0.488. The first-order valence-corrected chi connectivity index (χ1v) is 8.05. The maximum atomic E-state index is 13.2. The predicted octanol–water partition coefficient (Wildman–Crippen LogP) is 5.01. The van der Waals surface area contributed by atoms with Crippen LogP contribution in [0.2, 0.25) is 0 Å². The lowest BCUT2D eigenvalue weighted by Gasteiger charge is -2.09. The number of carbonyl (C=O) groups is 1. The van der Waals surface area contributed by atoms with Crippen LogP contribution >= 0.6 is 0 Å². The SMILES string of the molecule is O=C(Nc1ccc(-c2ccnc3[nH]ccc23)cc1)Nc1cccc(F)c1. The third-order valence-electron chi connectivity index (χ3n) is 4.00. The molecule has 6 heteroatoms. The van der Waals surface area contributed by atoms with E-state index in [0.717, 1.165) is 22.2 Å². The van der Waals surface area contributed by atoms with E-state index in [1.54, 1.807) is 12.3 Å². The number of pyridine rings is 1. The second kappa shape index (κ2) is 6.68. The van der Waals surface area contributed by atoms with Crippen LogP contribution < -0.4 is 10.6 Å². The third-order valence-corrected chi connectivity index (χ3v) is 4.00. The van der Waals surface area contributed by atoms with Gasteiger partial charge in [0.1, 0.15) is 11.5 Å². The number of fused-ring (bicyclic) bond motifs is 1. The highest BCUT2D eigenvalue weighted by atomic mass is 19.1. The van der Waals surface area contributed by atoms with E-state index in [4.69, 9.17) is 0 Å². The van der Waals surface area contributed by atoms with Gasteiger partial charge in [0.05, 0.1) is 0 Å². The molecule has 0 radical (unpaired) electrons. The Morgan fingerprint density at radius 3 is 2.58 bits per heavy atom. The molecule has 0 spiro atoms. The summed E-state index contributed by atoms with van der Waals surface area (Å²) in [5.74, 6) is -0.402. The molecular formula is C20H15FN4O. The molecule has 0 saturated carbocycles. The minimum Gasteiger partial charge on any atom is -0.346 e. The zero-order chi connectivity index (χ0) is 17.9. The first-order chi connectivity index (χ1) is 12.7. The number of amides is 2. The van der Waals surface area contributed by atoms with Crippen molar-refractivity contribution >= 4 is 28.4 Å². The van der Waals surface area contributed by atoms with Crippen molar-refractivity contribution in [1.29, 1.82) is 0 Å². The molecular weight excluding hydrogens is 331 g/mol. The lowest BCUT2D eigenvalue weighted by atomic mass is 10.0. The van der Waals surface area contributed by atoms with E-state index in [-0.39, 0.29) is 0 Å². The molecule has 0 aliphatic rings. The van der Waals surface area contributed by atoms with Crippen molar-refractivity contribution in [1.82, 2.24) is 9.97 Å². The van der Waals surface area contributed by atoms with Crippen LogP contribution in [0.4, 0.5) is 20.6 Å². The Bertz CT molecular complexity index is 1070. The Morgan fingerprint density at radius 2 is 1.77 bits per heavy atom. The van der Waals surface area contributed by atoms with Crippen molar-refractivity contribution in [3.63, 3.8) is 0 Å². The number of urea groups is 1. The molecule has 4 rings (SSSR count). The molecule has 3 N–H and O–H groups in total. The number of aromatic nitrogens is 2. The molecule has 0 bridgehead atoms. The molecule has 2 heterocycles. The molecule has 0 atom stereocenters. The lowest BCUT2D eigenvalue weighted by Crippen LogP contribution is -2.19. The maximum absolute atomic E-state index is 13.2. The van der Waals surface area contributed by atoms with Crippen LogP contribution in [-0.2, 0) is 0 Å². The Hall–Kier alpha value is -3.67. The number of carbonyl (C=O) groups excluding carboxylic acids is 1. The molecule has 5 nitrogen and oxygen atoms in total. The van der Waals surface area contributed by atoms with Crippen LogP contribution in [0.1, 0.15) is 0 Å². The van der Waals surface area contributed by atoms with Crippen LogP contribution in [0.3, 0.4) is 0 Å². The van der Waals surface area contributed by atoms with Crippen LogP contribution in [0.15, 0.2) is 73.1 Å². The average Bonchev–Trinajstić information content (AvgIpc) is 3.11. The largest absolute Gasteiger partial charge is 0.346 e. The summed E-state index contributed by atoms with van der Waals surface area (Å²) in [4.78, 5) is 19.4. The number of halogens is 1. The monoisotopic (exact) mass is 346 g/mol.